The highest BCUT2D eigenvalue weighted by Crippen LogP contribution is 2.28. The molecule has 0 radical (unpaired) electrons. The summed E-state index contributed by atoms with van der Waals surface area (Å²) in [6.45, 7) is 5.82. The smallest absolute Gasteiger partial charge is 0.255 e. The van der Waals surface area contributed by atoms with Crippen LogP contribution >= 0.6 is 0 Å². The van der Waals surface area contributed by atoms with E-state index >= 15 is 0 Å². The monoisotopic (exact) mass is 347 g/mol. The van der Waals surface area contributed by atoms with Gasteiger partial charge in [0.25, 0.3) is 5.91 Å². The minimum Gasteiger partial charge on any atom is -0.334 e. The summed E-state index contributed by atoms with van der Waals surface area (Å²) in [4.78, 5) is 23.0. The third kappa shape index (κ3) is 2.98. The van der Waals surface area contributed by atoms with Gasteiger partial charge in [0.1, 0.15) is 12.7 Å². The third-order valence-electron chi connectivity index (χ3n) is 4.86. The fourth-order valence-electron chi connectivity index (χ4n) is 3.51. The molecule has 3 aromatic rings. The van der Waals surface area contributed by atoms with Crippen molar-refractivity contribution in [2.45, 2.75) is 32.7 Å². The first kappa shape index (κ1) is 16.4. The van der Waals surface area contributed by atoms with E-state index in [0.29, 0.717) is 23.8 Å². The molecule has 1 aromatic carbocycles. The molecular weight excluding hydrogens is 326 g/mol. The van der Waals surface area contributed by atoms with Crippen molar-refractivity contribution in [3.05, 3.63) is 71.4 Å². The zero-order chi connectivity index (χ0) is 18.1. The normalized spacial score (nSPS) is 13.7. The van der Waals surface area contributed by atoms with Crippen molar-refractivity contribution >= 4 is 5.91 Å². The summed E-state index contributed by atoms with van der Waals surface area (Å²) in [6.07, 6.45) is 5.55. The first-order valence-electron chi connectivity index (χ1n) is 8.84. The highest BCUT2D eigenvalue weighted by molar-refractivity contribution is 5.94. The SMILES string of the molecule is CC(C)c1cccc2c1CCN(C(=O)c1ccc(-n3cncn3)nc1)C2. The van der Waals surface area contributed by atoms with Gasteiger partial charge in [0.2, 0.25) is 0 Å². The van der Waals surface area contributed by atoms with Crippen molar-refractivity contribution in [2.24, 2.45) is 0 Å². The molecule has 1 amide bonds. The van der Waals surface area contributed by atoms with Gasteiger partial charge in [0.15, 0.2) is 5.82 Å². The lowest BCUT2D eigenvalue weighted by atomic mass is 9.89. The van der Waals surface area contributed by atoms with Crippen LogP contribution in [0.3, 0.4) is 0 Å². The largest absolute Gasteiger partial charge is 0.334 e. The molecule has 0 atom stereocenters. The van der Waals surface area contributed by atoms with Crippen LogP contribution in [0.1, 0.15) is 46.8 Å². The number of hydrogen-bond donors (Lipinski definition) is 0. The first-order chi connectivity index (χ1) is 12.6. The van der Waals surface area contributed by atoms with Crippen LogP contribution in [-0.2, 0) is 13.0 Å². The van der Waals surface area contributed by atoms with Crippen molar-refractivity contribution in [3.8, 4) is 5.82 Å². The van der Waals surface area contributed by atoms with Gasteiger partial charge in [-0.3, -0.25) is 4.79 Å². The van der Waals surface area contributed by atoms with Crippen molar-refractivity contribution in [1.29, 1.82) is 0 Å². The number of carbonyl (C=O) groups is 1. The van der Waals surface area contributed by atoms with E-state index in [4.69, 9.17) is 0 Å². The molecule has 0 aliphatic carbocycles. The minimum atomic E-state index is 0.0169. The Bertz CT molecular complexity index is 916. The zero-order valence-corrected chi connectivity index (χ0v) is 15.0. The molecule has 0 fully saturated rings. The maximum atomic E-state index is 12.9. The van der Waals surface area contributed by atoms with Crippen LogP contribution in [0.25, 0.3) is 5.82 Å². The Balaban J connectivity index is 1.54. The lowest BCUT2D eigenvalue weighted by Gasteiger charge is -2.31. The number of aromatic nitrogens is 4. The predicted octanol–water partition coefficient (Wildman–Crippen LogP) is 2.98. The van der Waals surface area contributed by atoms with E-state index in [1.807, 2.05) is 4.90 Å². The lowest BCUT2D eigenvalue weighted by molar-refractivity contribution is 0.0734. The van der Waals surface area contributed by atoms with Crippen molar-refractivity contribution in [2.75, 3.05) is 6.54 Å². The van der Waals surface area contributed by atoms with Gasteiger partial charge in [-0.05, 0) is 41.2 Å². The summed E-state index contributed by atoms with van der Waals surface area (Å²) in [5, 5.41) is 4.05. The van der Waals surface area contributed by atoms with E-state index in [1.165, 1.54) is 23.0 Å². The average Bonchev–Trinajstić information content (AvgIpc) is 3.21. The Morgan fingerprint density at radius 2 is 2.08 bits per heavy atom. The molecule has 0 N–H and O–H groups in total. The number of benzene rings is 1. The Labute approximate surface area is 152 Å². The number of nitrogens with zero attached hydrogens (tertiary/aromatic N) is 5. The van der Waals surface area contributed by atoms with E-state index in [9.17, 15) is 4.79 Å². The van der Waals surface area contributed by atoms with E-state index < -0.39 is 0 Å². The molecule has 0 bridgehead atoms. The number of amides is 1. The first-order valence-corrected chi connectivity index (χ1v) is 8.84. The van der Waals surface area contributed by atoms with Gasteiger partial charge in [-0.25, -0.2) is 14.6 Å². The molecular formula is C20H21N5O. The molecule has 1 aliphatic rings. The summed E-state index contributed by atoms with van der Waals surface area (Å²) in [7, 11) is 0. The maximum Gasteiger partial charge on any atom is 0.255 e. The second-order valence-corrected chi connectivity index (χ2v) is 6.86. The van der Waals surface area contributed by atoms with Crippen LogP contribution in [-0.4, -0.2) is 37.1 Å². The Hall–Kier alpha value is -3.02. The van der Waals surface area contributed by atoms with Gasteiger partial charge in [0.05, 0.1) is 5.56 Å². The summed E-state index contributed by atoms with van der Waals surface area (Å²) in [6, 6.07) is 10.0. The van der Waals surface area contributed by atoms with Crippen LogP contribution in [0, 0.1) is 0 Å². The van der Waals surface area contributed by atoms with E-state index in [0.717, 1.165) is 13.0 Å². The number of pyridine rings is 1. The van der Waals surface area contributed by atoms with Crippen LogP contribution in [0.5, 0.6) is 0 Å². The Morgan fingerprint density at radius 1 is 1.19 bits per heavy atom. The predicted molar refractivity (Wildman–Crippen MR) is 98.1 cm³/mol. The van der Waals surface area contributed by atoms with Crippen molar-refractivity contribution < 1.29 is 4.79 Å². The third-order valence-corrected chi connectivity index (χ3v) is 4.86. The zero-order valence-electron chi connectivity index (χ0n) is 15.0. The van der Waals surface area contributed by atoms with Gasteiger partial charge in [-0.1, -0.05) is 32.0 Å². The van der Waals surface area contributed by atoms with Gasteiger partial charge in [0, 0.05) is 19.3 Å². The van der Waals surface area contributed by atoms with Crippen LogP contribution < -0.4 is 0 Å². The topological polar surface area (TPSA) is 63.9 Å². The van der Waals surface area contributed by atoms with Crippen LogP contribution in [0.2, 0.25) is 0 Å². The quantitative estimate of drug-likeness (QED) is 0.731. The van der Waals surface area contributed by atoms with Crippen LogP contribution in [0.4, 0.5) is 0 Å². The fraction of sp³-hybridized carbons (Fsp3) is 0.300. The highest BCUT2D eigenvalue weighted by atomic mass is 16.2. The highest BCUT2D eigenvalue weighted by Gasteiger charge is 2.24. The van der Waals surface area contributed by atoms with Crippen LogP contribution in [0.15, 0.2) is 49.2 Å². The number of rotatable bonds is 3. The van der Waals surface area contributed by atoms with E-state index in [-0.39, 0.29) is 5.91 Å². The van der Waals surface area contributed by atoms with E-state index in [1.54, 1.807) is 29.3 Å². The van der Waals surface area contributed by atoms with Gasteiger partial charge in [-0.15, -0.1) is 0 Å². The molecule has 0 saturated carbocycles. The molecule has 6 heteroatoms. The summed E-state index contributed by atoms with van der Waals surface area (Å²) < 4.78 is 1.57. The van der Waals surface area contributed by atoms with Gasteiger partial charge >= 0.3 is 0 Å². The summed E-state index contributed by atoms with van der Waals surface area (Å²) >= 11 is 0. The second-order valence-electron chi connectivity index (χ2n) is 6.86. The molecule has 2 aromatic heterocycles. The minimum absolute atomic E-state index is 0.0169. The summed E-state index contributed by atoms with van der Waals surface area (Å²) in [5.41, 5.74) is 4.65. The maximum absolute atomic E-state index is 12.9. The molecule has 6 nitrogen and oxygen atoms in total. The molecule has 3 heterocycles. The fourth-order valence-corrected chi connectivity index (χ4v) is 3.51. The second kappa shape index (κ2) is 6.71. The molecule has 4 rings (SSSR count). The molecule has 0 spiro atoms. The van der Waals surface area contributed by atoms with Gasteiger partial charge < -0.3 is 4.90 Å². The molecule has 26 heavy (non-hydrogen) atoms. The molecule has 132 valence electrons. The number of hydrogen-bond acceptors (Lipinski definition) is 4. The van der Waals surface area contributed by atoms with E-state index in [2.05, 4.69) is 47.1 Å². The molecule has 1 aliphatic heterocycles. The lowest BCUT2D eigenvalue weighted by Crippen LogP contribution is -2.36. The molecule has 0 unspecified atom stereocenters. The number of carbonyl (C=O) groups excluding carboxylic acids is 1. The van der Waals surface area contributed by atoms with Crippen molar-refractivity contribution in [1.82, 2.24) is 24.6 Å². The summed E-state index contributed by atoms with van der Waals surface area (Å²) in [5.74, 6) is 1.16. The Morgan fingerprint density at radius 3 is 2.77 bits per heavy atom. The average molecular weight is 347 g/mol. The standard InChI is InChI=1S/C20H21N5O/c1-14(2)17-5-3-4-16-11-24(9-8-18(16)17)20(26)15-6-7-19(22-10-15)25-13-21-12-23-25/h3-7,10,12-14H,8-9,11H2,1-2H3. The van der Waals surface area contributed by atoms with Gasteiger partial charge in [-0.2, -0.15) is 5.10 Å². The van der Waals surface area contributed by atoms with Crippen molar-refractivity contribution in [3.63, 3.8) is 0 Å². The number of fused-ring (bicyclic) bond motifs is 1. The molecule has 0 saturated heterocycles. The Kier molecular flexibility index (Phi) is 4.24.